The van der Waals surface area contributed by atoms with Gasteiger partial charge in [0.15, 0.2) is 0 Å². The number of halogens is 1. The molecule has 0 atom stereocenters. The van der Waals surface area contributed by atoms with Crippen LogP contribution in [0.25, 0.3) is 0 Å². The zero-order valence-electron chi connectivity index (χ0n) is 13.1. The van der Waals surface area contributed by atoms with Crippen LogP contribution in [0, 0.1) is 5.82 Å². The third kappa shape index (κ3) is 4.95. The second-order valence-corrected chi connectivity index (χ2v) is 6.72. The van der Waals surface area contributed by atoms with E-state index in [1.165, 1.54) is 49.6 Å². The van der Waals surface area contributed by atoms with Crippen molar-refractivity contribution in [2.75, 3.05) is 13.4 Å². The number of ether oxygens (including phenoxy) is 2. The standard InChI is InChI=1S/C16H16FNO5S/c1-22-14-7-8-15(17)12(9-14)10-23-13-5-3-11(4-6-13)16(19)18-24(2,20)21/h3-9H,10H2,1-2H3,(H,18,19). The molecule has 1 amide bonds. The van der Waals surface area contributed by atoms with Gasteiger partial charge in [-0.2, -0.15) is 0 Å². The van der Waals surface area contributed by atoms with Gasteiger partial charge in [-0.3, -0.25) is 4.79 Å². The van der Waals surface area contributed by atoms with Crippen LogP contribution in [0.4, 0.5) is 4.39 Å². The van der Waals surface area contributed by atoms with E-state index in [1.54, 1.807) is 0 Å². The van der Waals surface area contributed by atoms with Gasteiger partial charge in [0.2, 0.25) is 10.0 Å². The highest BCUT2D eigenvalue weighted by molar-refractivity contribution is 7.89. The Hall–Kier alpha value is -2.61. The molecule has 0 bridgehead atoms. The highest BCUT2D eigenvalue weighted by Crippen LogP contribution is 2.19. The lowest BCUT2D eigenvalue weighted by Gasteiger charge is -2.09. The van der Waals surface area contributed by atoms with E-state index < -0.39 is 21.7 Å². The van der Waals surface area contributed by atoms with Crippen LogP contribution < -0.4 is 14.2 Å². The first-order chi connectivity index (χ1) is 11.3. The summed E-state index contributed by atoms with van der Waals surface area (Å²) in [5.74, 6) is -0.223. The molecule has 1 N–H and O–H groups in total. The molecule has 2 aromatic carbocycles. The molecule has 0 unspecified atom stereocenters. The van der Waals surface area contributed by atoms with Gasteiger partial charge in [-0.15, -0.1) is 0 Å². The molecule has 0 aliphatic rings. The van der Waals surface area contributed by atoms with Crippen molar-refractivity contribution in [1.82, 2.24) is 4.72 Å². The van der Waals surface area contributed by atoms with Crippen molar-refractivity contribution in [1.29, 1.82) is 0 Å². The number of carbonyl (C=O) groups is 1. The molecule has 0 aliphatic carbocycles. The van der Waals surface area contributed by atoms with E-state index in [2.05, 4.69) is 0 Å². The number of methoxy groups -OCH3 is 1. The van der Waals surface area contributed by atoms with Crippen molar-refractivity contribution < 1.29 is 27.1 Å². The summed E-state index contributed by atoms with van der Waals surface area (Å²) in [5, 5.41) is 0. The summed E-state index contributed by atoms with van der Waals surface area (Å²) in [4.78, 5) is 11.7. The fourth-order valence-electron chi connectivity index (χ4n) is 1.88. The summed E-state index contributed by atoms with van der Waals surface area (Å²) in [7, 11) is -2.14. The maximum Gasteiger partial charge on any atom is 0.264 e. The maximum atomic E-state index is 13.7. The third-order valence-electron chi connectivity index (χ3n) is 3.04. The van der Waals surface area contributed by atoms with Crippen molar-refractivity contribution >= 4 is 15.9 Å². The van der Waals surface area contributed by atoms with Crippen molar-refractivity contribution in [3.63, 3.8) is 0 Å². The van der Waals surface area contributed by atoms with Gasteiger partial charge < -0.3 is 9.47 Å². The average Bonchev–Trinajstić information content (AvgIpc) is 2.53. The SMILES string of the molecule is COc1ccc(F)c(COc2ccc(C(=O)NS(C)(=O)=O)cc2)c1. The molecule has 0 saturated heterocycles. The van der Waals surface area contributed by atoms with Crippen LogP contribution in [0.1, 0.15) is 15.9 Å². The smallest absolute Gasteiger partial charge is 0.264 e. The molecule has 0 fully saturated rings. The summed E-state index contributed by atoms with van der Waals surface area (Å²) >= 11 is 0. The molecule has 0 spiro atoms. The molecule has 2 aromatic rings. The number of carbonyl (C=O) groups excluding carboxylic acids is 1. The Kier molecular flexibility index (Phi) is 5.40. The number of nitrogens with one attached hydrogen (secondary N) is 1. The average molecular weight is 353 g/mol. The number of rotatable bonds is 6. The largest absolute Gasteiger partial charge is 0.497 e. The lowest BCUT2D eigenvalue weighted by atomic mass is 10.2. The lowest BCUT2D eigenvalue weighted by molar-refractivity contribution is 0.0981. The van der Waals surface area contributed by atoms with Crippen LogP contribution >= 0.6 is 0 Å². The molecule has 0 radical (unpaired) electrons. The number of hydrogen-bond acceptors (Lipinski definition) is 5. The summed E-state index contributed by atoms with van der Waals surface area (Å²) < 4.78 is 48.1. The van der Waals surface area contributed by atoms with Gasteiger partial charge in [-0.05, 0) is 42.5 Å². The number of sulfonamides is 1. The molecule has 0 saturated carbocycles. The monoisotopic (exact) mass is 353 g/mol. The van der Waals surface area contributed by atoms with Gasteiger partial charge in [0, 0.05) is 11.1 Å². The van der Waals surface area contributed by atoms with Gasteiger partial charge in [0.25, 0.3) is 5.91 Å². The summed E-state index contributed by atoms with van der Waals surface area (Å²) in [6.45, 7) is -0.0160. The van der Waals surface area contributed by atoms with Crippen LogP contribution in [-0.4, -0.2) is 27.7 Å². The zero-order valence-corrected chi connectivity index (χ0v) is 13.9. The van der Waals surface area contributed by atoms with Gasteiger partial charge in [0.05, 0.1) is 13.4 Å². The van der Waals surface area contributed by atoms with Crippen LogP contribution in [0.15, 0.2) is 42.5 Å². The van der Waals surface area contributed by atoms with Crippen LogP contribution in [0.2, 0.25) is 0 Å². The van der Waals surface area contributed by atoms with E-state index in [-0.39, 0.29) is 12.2 Å². The third-order valence-corrected chi connectivity index (χ3v) is 3.60. The number of benzene rings is 2. The second kappa shape index (κ2) is 7.31. The number of hydrogen-bond donors (Lipinski definition) is 1. The van der Waals surface area contributed by atoms with Crippen LogP contribution in [0.5, 0.6) is 11.5 Å². The molecule has 0 aromatic heterocycles. The molecule has 0 heterocycles. The van der Waals surface area contributed by atoms with E-state index in [0.29, 0.717) is 17.1 Å². The van der Waals surface area contributed by atoms with Crippen molar-refractivity contribution in [3.8, 4) is 11.5 Å². The Labute approximate surface area is 139 Å². The summed E-state index contributed by atoms with van der Waals surface area (Å²) in [6, 6.07) is 10.1. The Balaban J connectivity index is 2.03. The maximum absolute atomic E-state index is 13.7. The molecule has 6 nitrogen and oxygen atoms in total. The van der Waals surface area contributed by atoms with Gasteiger partial charge in [-0.25, -0.2) is 17.5 Å². The van der Waals surface area contributed by atoms with Crippen molar-refractivity contribution in [2.45, 2.75) is 6.61 Å². The molecular formula is C16H16FNO5S. The van der Waals surface area contributed by atoms with Gasteiger partial charge >= 0.3 is 0 Å². The Morgan fingerprint density at radius 3 is 2.33 bits per heavy atom. The molecule has 8 heteroatoms. The first-order valence-corrected chi connectivity index (χ1v) is 8.75. The predicted molar refractivity (Wildman–Crippen MR) is 86.0 cm³/mol. The quantitative estimate of drug-likeness (QED) is 0.860. The minimum Gasteiger partial charge on any atom is -0.497 e. The highest BCUT2D eigenvalue weighted by atomic mass is 32.2. The number of amides is 1. The Morgan fingerprint density at radius 1 is 1.12 bits per heavy atom. The minimum atomic E-state index is -3.62. The van der Waals surface area contributed by atoms with Crippen molar-refractivity contribution in [3.05, 3.63) is 59.4 Å². The first-order valence-electron chi connectivity index (χ1n) is 6.86. The van der Waals surface area contributed by atoms with E-state index in [4.69, 9.17) is 9.47 Å². The van der Waals surface area contributed by atoms with Crippen molar-refractivity contribution in [2.24, 2.45) is 0 Å². The highest BCUT2D eigenvalue weighted by Gasteiger charge is 2.11. The first kappa shape index (κ1) is 17.7. The fourth-order valence-corrected chi connectivity index (χ4v) is 2.33. The normalized spacial score (nSPS) is 11.0. The summed E-state index contributed by atoms with van der Waals surface area (Å²) in [5.41, 5.74) is 0.494. The van der Waals surface area contributed by atoms with Gasteiger partial charge in [-0.1, -0.05) is 0 Å². The van der Waals surface area contributed by atoms with E-state index in [0.717, 1.165) is 6.26 Å². The topological polar surface area (TPSA) is 81.7 Å². The molecular weight excluding hydrogens is 337 g/mol. The van der Waals surface area contributed by atoms with Gasteiger partial charge in [0.1, 0.15) is 23.9 Å². The fraction of sp³-hybridized carbons (Fsp3) is 0.188. The zero-order chi connectivity index (χ0) is 17.7. The molecule has 24 heavy (non-hydrogen) atoms. The van der Waals surface area contributed by atoms with Crippen LogP contribution in [0.3, 0.4) is 0 Å². The molecule has 0 aliphatic heterocycles. The lowest BCUT2D eigenvalue weighted by Crippen LogP contribution is -2.29. The minimum absolute atomic E-state index is 0.0160. The van der Waals surface area contributed by atoms with Crippen LogP contribution in [-0.2, 0) is 16.6 Å². The van der Waals surface area contributed by atoms with E-state index in [1.807, 2.05) is 4.72 Å². The summed E-state index contributed by atoms with van der Waals surface area (Å²) in [6.07, 6.45) is 0.894. The molecule has 2 rings (SSSR count). The van der Waals surface area contributed by atoms with E-state index in [9.17, 15) is 17.6 Å². The Bertz CT molecular complexity index is 834. The predicted octanol–water partition coefficient (Wildman–Crippen LogP) is 2.10. The Morgan fingerprint density at radius 2 is 1.75 bits per heavy atom. The molecule has 128 valence electrons. The van der Waals surface area contributed by atoms with E-state index >= 15 is 0 Å². The second-order valence-electron chi connectivity index (χ2n) is 4.97.